The topological polar surface area (TPSA) is 76.9 Å². The molecule has 34 heavy (non-hydrogen) atoms. The van der Waals surface area contributed by atoms with Gasteiger partial charge < -0.3 is 5.32 Å². The number of amides is 1. The van der Waals surface area contributed by atoms with Crippen LogP contribution in [-0.4, -0.2) is 20.4 Å². The number of thiazole rings is 1. The van der Waals surface area contributed by atoms with E-state index < -0.39 is 0 Å². The Morgan fingerprint density at radius 1 is 1.12 bits per heavy atom. The average molecular weight is 491 g/mol. The summed E-state index contributed by atoms with van der Waals surface area (Å²) in [5.41, 5.74) is 3.53. The third kappa shape index (κ3) is 4.93. The van der Waals surface area contributed by atoms with E-state index in [9.17, 15) is 9.59 Å². The van der Waals surface area contributed by atoms with E-state index in [-0.39, 0.29) is 23.9 Å². The molecule has 2 aromatic heterocycles. The summed E-state index contributed by atoms with van der Waals surface area (Å²) in [6.07, 6.45) is 4.57. The molecule has 4 aromatic rings. The van der Waals surface area contributed by atoms with Crippen LogP contribution in [0.4, 0.5) is 5.69 Å². The van der Waals surface area contributed by atoms with Crippen LogP contribution >= 0.6 is 23.1 Å². The number of para-hydroxylation sites is 2. The van der Waals surface area contributed by atoms with Crippen LogP contribution in [0.15, 0.2) is 63.9 Å². The molecule has 1 N–H and O–H groups in total. The number of fused-ring (bicyclic) bond motifs is 1. The zero-order valence-electron chi connectivity index (χ0n) is 19.0. The third-order valence-electron chi connectivity index (χ3n) is 6.14. The number of carbonyl (C=O) groups excluding carboxylic acids is 1. The molecule has 1 aliphatic carbocycles. The van der Waals surface area contributed by atoms with Gasteiger partial charge in [0.1, 0.15) is 5.01 Å². The Bertz CT molecular complexity index is 1390. The summed E-state index contributed by atoms with van der Waals surface area (Å²) in [5, 5.41) is 7.16. The molecule has 1 saturated carbocycles. The zero-order chi connectivity index (χ0) is 23.5. The molecule has 2 heterocycles. The monoisotopic (exact) mass is 490 g/mol. The lowest BCUT2D eigenvalue weighted by Gasteiger charge is -2.18. The maximum atomic E-state index is 13.3. The van der Waals surface area contributed by atoms with Gasteiger partial charge in [0.25, 0.3) is 5.56 Å². The number of carbonyl (C=O) groups is 1. The number of aromatic nitrogens is 3. The summed E-state index contributed by atoms with van der Waals surface area (Å²) in [7, 11) is 0. The molecule has 8 heteroatoms. The highest BCUT2D eigenvalue weighted by atomic mass is 32.2. The van der Waals surface area contributed by atoms with Gasteiger partial charge in [-0.1, -0.05) is 54.9 Å². The van der Waals surface area contributed by atoms with Crippen molar-refractivity contribution in [2.24, 2.45) is 0 Å². The van der Waals surface area contributed by atoms with E-state index in [1.165, 1.54) is 11.3 Å². The van der Waals surface area contributed by atoms with Gasteiger partial charge in [0, 0.05) is 22.9 Å². The van der Waals surface area contributed by atoms with E-state index in [0.717, 1.165) is 58.3 Å². The molecule has 0 saturated heterocycles. The van der Waals surface area contributed by atoms with Gasteiger partial charge in [-0.05, 0) is 43.5 Å². The standard InChI is InChI=1S/C26H26N4O2S2/c1-17-8-2-6-12-21(17)28-23(31)14-24-27-18(15-33-24)16-34-26-29-22-13-7-5-11-20(22)25(32)30(26)19-9-3-4-10-19/h2,5-8,11-13,15,19H,3-4,9-10,14,16H2,1H3,(H,28,31). The van der Waals surface area contributed by atoms with E-state index >= 15 is 0 Å². The third-order valence-corrected chi connectivity index (χ3v) is 8.03. The quantitative estimate of drug-likeness (QED) is 0.264. The lowest BCUT2D eigenvalue weighted by Crippen LogP contribution is -2.26. The van der Waals surface area contributed by atoms with Gasteiger partial charge in [-0.15, -0.1) is 11.3 Å². The van der Waals surface area contributed by atoms with Crippen LogP contribution in [-0.2, 0) is 17.0 Å². The summed E-state index contributed by atoms with van der Waals surface area (Å²) < 4.78 is 1.91. The summed E-state index contributed by atoms with van der Waals surface area (Å²) in [4.78, 5) is 35.3. The van der Waals surface area contributed by atoms with Gasteiger partial charge in [0.2, 0.25) is 5.91 Å². The minimum atomic E-state index is -0.0749. The van der Waals surface area contributed by atoms with Crippen molar-refractivity contribution in [2.45, 2.75) is 56.0 Å². The largest absolute Gasteiger partial charge is 0.325 e. The molecule has 0 spiro atoms. The van der Waals surface area contributed by atoms with Gasteiger partial charge in [0.05, 0.1) is 23.0 Å². The minimum absolute atomic E-state index is 0.0480. The summed E-state index contributed by atoms with van der Waals surface area (Å²) in [5.74, 6) is 0.530. The number of hydrogen-bond donors (Lipinski definition) is 1. The highest BCUT2D eigenvalue weighted by Gasteiger charge is 2.23. The fraction of sp³-hybridized carbons (Fsp3) is 0.308. The Morgan fingerprint density at radius 3 is 2.71 bits per heavy atom. The van der Waals surface area contributed by atoms with Crippen molar-refractivity contribution in [2.75, 3.05) is 5.32 Å². The lowest BCUT2D eigenvalue weighted by atomic mass is 10.2. The fourth-order valence-electron chi connectivity index (χ4n) is 4.39. The van der Waals surface area contributed by atoms with Crippen molar-refractivity contribution >= 4 is 45.6 Å². The first-order valence-corrected chi connectivity index (χ1v) is 13.4. The van der Waals surface area contributed by atoms with Crippen LogP contribution in [0.1, 0.15) is 48.0 Å². The number of rotatable bonds is 7. The summed E-state index contributed by atoms with van der Waals surface area (Å²) in [6, 6.07) is 15.5. The second kappa shape index (κ2) is 10.1. The second-order valence-electron chi connectivity index (χ2n) is 8.59. The second-order valence-corrected chi connectivity index (χ2v) is 10.5. The zero-order valence-corrected chi connectivity index (χ0v) is 20.6. The molecule has 1 aliphatic rings. The van der Waals surface area contributed by atoms with Crippen LogP contribution in [0, 0.1) is 6.92 Å². The van der Waals surface area contributed by atoms with Crippen LogP contribution < -0.4 is 10.9 Å². The molecule has 6 nitrogen and oxygen atoms in total. The molecular formula is C26H26N4O2S2. The predicted molar refractivity (Wildman–Crippen MR) is 139 cm³/mol. The lowest BCUT2D eigenvalue weighted by molar-refractivity contribution is -0.115. The molecular weight excluding hydrogens is 464 g/mol. The smallest absolute Gasteiger partial charge is 0.262 e. The molecule has 0 unspecified atom stereocenters. The number of anilines is 1. The molecule has 1 amide bonds. The van der Waals surface area contributed by atoms with E-state index in [1.807, 2.05) is 65.4 Å². The van der Waals surface area contributed by atoms with Crippen molar-refractivity contribution in [3.63, 3.8) is 0 Å². The molecule has 1 fully saturated rings. The molecule has 0 atom stereocenters. The first-order valence-electron chi connectivity index (χ1n) is 11.5. The number of aryl methyl sites for hydroxylation is 1. The van der Waals surface area contributed by atoms with Crippen molar-refractivity contribution < 1.29 is 4.79 Å². The van der Waals surface area contributed by atoms with Crippen molar-refractivity contribution in [1.82, 2.24) is 14.5 Å². The van der Waals surface area contributed by atoms with Crippen molar-refractivity contribution in [1.29, 1.82) is 0 Å². The molecule has 174 valence electrons. The summed E-state index contributed by atoms with van der Waals surface area (Å²) in [6.45, 7) is 1.97. The van der Waals surface area contributed by atoms with Gasteiger partial charge in [0.15, 0.2) is 5.16 Å². The normalized spacial score (nSPS) is 14.0. The van der Waals surface area contributed by atoms with E-state index in [0.29, 0.717) is 11.1 Å². The van der Waals surface area contributed by atoms with Crippen molar-refractivity contribution in [3.05, 3.63) is 80.5 Å². The molecule has 0 aliphatic heterocycles. The Kier molecular flexibility index (Phi) is 6.78. The highest BCUT2D eigenvalue weighted by molar-refractivity contribution is 7.98. The van der Waals surface area contributed by atoms with Crippen LogP contribution in [0.25, 0.3) is 10.9 Å². The van der Waals surface area contributed by atoms with Crippen LogP contribution in [0.2, 0.25) is 0 Å². The SMILES string of the molecule is Cc1ccccc1NC(=O)Cc1nc(CSc2nc3ccccc3c(=O)n2C2CCCC2)cs1. The van der Waals surface area contributed by atoms with Gasteiger partial charge in [-0.2, -0.15) is 0 Å². The molecule has 5 rings (SSSR count). The van der Waals surface area contributed by atoms with Crippen molar-refractivity contribution in [3.8, 4) is 0 Å². The van der Waals surface area contributed by atoms with E-state index in [4.69, 9.17) is 4.98 Å². The number of nitrogens with zero attached hydrogens (tertiary/aromatic N) is 3. The Balaban J connectivity index is 1.30. The Hall–Kier alpha value is -2.97. The van der Waals surface area contributed by atoms with E-state index in [1.54, 1.807) is 11.8 Å². The molecule has 0 bridgehead atoms. The van der Waals surface area contributed by atoms with Crippen LogP contribution in [0.5, 0.6) is 0 Å². The number of benzene rings is 2. The summed E-state index contributed by atoms with van der Waals surface area (Å²) >= 11 is 3.04. The van der Waals surface area contributed by atoms with E-state index in [2.05, 4.69) is 10.3 Å². The fourth-order valence-corrected chi connectivity index (χ4v) is 6.25. The highest BCUT2D eigenvalue weighted by Crippen LogP contribution is 2.33. The maximum Gasteiger partial charge on any atom is 0.262 e. The van der Waals surface area contributed by atoms with Gasteiger partial charge in [-0.3, -0.25) is 14.2 Å². The first-order chi connectivity index (χ1) is 16.6. The maximum absolute atomic E-state index is 13.3. The first kappa shape index (κ1) is 22.8. The minimum Gasteiger partial charge on any atom is -0.325 e. The Labute approximate surface area is 206 Å². The average Bonchev–Trinajstić information content (AvgIpc) is 3.52. The van der Waals surface area contributed by atoms with Crippen LogP contribution in [0.3, 0.4) is 0 Å². The predicted octanol–water partition coefficient (Wildman–Crippen LogP) is 5.75. The molecule has 0 radical (unpaired) electrons. The molecule has 2 aromatic carbocycles. The number of nitrogens with one attached hydrogen (secondary N) is 1. The number of hydrogen-bond acceptors (Lipinski definition) is 6. The van der Waals surface area contributed by atoms with Gasteiger partial charge in [-0.25, -0.2) is 9.97 Å². The number of thioether (sulfide) groups is 1. The van der Waals surface area contributed by atoms with Gasteiger partial charge >= 0.3 is 0 Å². The Morgan fingerprint density at radius 2 is 1.88 bits per heavy atom.